The fraction of sp³-hybridized carbons (Fsp3) is 0.444. The number of benzene rings is 2. The van der Waals surface area contributed by atoms with Crippen LogP contribution in [0.25, 0.3) is 10.9 Å². The summed E-state index contributed by atoms with van der Waals surface area (Å²) in [5.41, 5.74) is 0.467. The van der Waals surface area contributed by atoms with Crippen LogP contribution in [0.15, 0.2) is 41.1 Å². The van der Waals surface area contributed by atoms with Crippen LogP contribution in [0.5, 0.6) is 11.5 Å². The summed E-state index contributed by atoms with van der Waals surface area (Å²) in [5.74, 6) is 1.66. The maximum Gasteiger partial charge on any atom is 0.410 e. The summed E-state index contributed by atoms with van der Waals surface area (Å²) in [5, 5.41) is 3.73. The molecule has 1 amide bonds. The Bertz CT molecular complexity index is 1260. The van der Waals surface area contributed by atoms with Crippen LogP contribution in [0.2, 0.25) is 0 Å². The van der Waals surface area contributed by atoms with E-state index in [9.17, 15) is 9.18 Å². The van der Waals surface area contributed by atoms with Crippen LogP contribution in [0.3, 0.4) is 0 Å². The lowest BCUT2D eigenvalue weighted by atomic mass is 9.94. The number of carbonyl (C=O) groups excluding carboxylic acids is 1. The van der Waals surface area contributed by atoms with E-state index in [0.717, 1.165) is 19.3 Å². The number of anilines is 2. The van der Waals surface area contributed by atoms with Crippen molar-refractivity contribution >= 4 is 44.4 Å². The second-order valence-corrected chi connectivity index (χ2v) is 11.0. The zero-order valence-corrected chi connectivity index (χ0v) is 23.1. The Morgan fingerprint density at radius 2 is 1.92 bits per heavy atom. The van der Waals surface area contributed by atoms with Crippen molar-refractivity contribution in [2.24, 2.45) is 5.92 Å². The Kier molecular flexibility index (Phi) is 8.36. The maximum atomic E-state index is 14.4. The van der Waals surface area contributed by atoms with Gasteiger partial charge in [-0.05, 0) is 70.2 Å². The second-order valence-electron chi connectivity index (χ2n) is 10.0. The molecule has 2 heterocycles. The molecule has 37 heavy (non-hydrogen) atoms. The third kappa shape index (κ3) is 7.00. The van der Waals surface area contributed by atoms with E-state index >= 15 is 0 Å². The minimum Gasteiger partial charge on any atom is -0.493 e. The minimum atomic E-state index is -0.489. The average Bonchev–Trinajstić information content (AvgIpc) is 2.85. The molecule has 1 aliphatic heterocycles. The van der Waals surface area contributed by atoms with Gasteiger partial charge in [0.05, 0.1) is 24.9 Å². The Morgan fingerprint density at radius 3 is 2.59 bits per heavy atom. The van der Waals surface area contributed by atoms with Crippen molar-refractivity contribution in [3.8, 4) is 11.5 Å². The van der Waals surface area contributed by atoms with E-state index in [1.807, 2.05) is 26.8 Å². The van der Waals surface area contributed by atoms with Crippen LogP contribution < -0.4 is 14.8 Å². The van der Waals surface area contributed by atoms with Crippen LogP contribution in [0.4, 0.5) is 20.7 Å². The first-order valence-corrected chi connectivity index (χ1v) is 13.1. The van der Waals surface area contributed by atoms with E-state index in [1.165, 1.54) is 12.4 Å². The summed E-state index contributed by atoms with van der Waals surface area (Å²) in [7, 11) is 1.58. The molecule has 1 aromatic heterocycles. The van der Waals surface area contributed by atoms with E-state index in [2.05, 4.69) is 31.2 Å². The van der Waals surface area contributed by atoms with Crippen LogP contribution in [-0.2, 0) is 4.74 Å². The van der Waals surface area contributed by atoms with Gasteiger partial charge >= 0.3 is 6.09 Å². The predicted molar refractivity (Wildman–Crippen MR) is 144 cm³/mol. The lowest BCUT2D eigenvalue weighted by Crippen LogP contribution is -2.41. The highest BCUT2D eigenvalue weighted by molar-refractivity contribution is 9.10. The van der Waals surface area contributed by atoms with Crippen LogP contribution >= 0.6 is 15.9 Å². The largest absolute Gasteiger partial charge is 0.493 e. The van der Waals surface area contributed by atoms with E-state index < -0.39 is 11.4 Å². The third-order valence-electron chi connectivity index (χ3n) is 6.15. The van der Waals surface area contributed by atoms with Crippen molar-refractivity contribution in [2.45, 2.75) is 45.6 Å². The number of hydrogen-bond acceptors (Lipinski definition) is 7. The molecule has 0 unspecified atom stereocenters. The van der Waals surface area contributed by atoms with Crippen LogP contribution in [0, 0.1) is 11.7 Å². The molecule has 8 nitrogen and oxygen atoms in total. The first-order chi connectivity index (χ1) is 17.6. The molecule has 2 aromatic carbocycles. The van der Waals surface area contributed by atoms with E-state index in [0.29, 0.717) is 64.0 Å². The fourth-order valence-corrected chi connectivity index (χ4v) is 4.55. The Hall–Kier alpha value is -3.14. The summed E-state index contributed by atoms with van der Waals surface area (Å²) < 4.78 is 32.2. The molecule has 198 valence electrons. The Morgan fingerprint density at radius 1 is 1.16 bits per heavy atom. The van der Waals surface area contributed by atoms with Crippen LogP contribution in [-0.4, -0.2) is 53.4 Å². The number of halogens is 2. The SMILES string of the molecule is COc1cc2c(Nc3ccc(Br)cc3F)ncnc2cc1OCCC1CCN(C(=O)OC(C)(C)C)CC1. The molecule has 10 heteroatoms. The number of methoxy groups -OCH3 is 1. The maximum absolute atomic E-state index is 14.4. The zero-order chi connectivity index (χ0) is 26.6. The number of piperidine rings is 1. The molecule has 0 atom stereocenters. The number of fused-ring (bicyclic) bond motifs is 1. The molecule has 4 rings (SSSR count). The number of likely N-dealkylation sites (tertiary alicyclic amines) is 1. The van der Waals surface area contributed by atoms with Gasteiger partial charge in [-0.1, -0.05) is 15.9 Å². The monoisotopic (exact) mass is 574 g/mol. The summed E-state index contributed by atoms with van der Waals surface area (Å²) in [4.78, 5) is 22.7. The molecule has 0 saturated carbocycles. The number of aromatic nitrogens is 2. The second kappa shape index (κ2) is 11.5. The number of amides is 1. The highest BCUT2D eigenvalue weighted by atomic mass is 79.9. The van der Waals surface area contributed by atoms with Crippen molar-refractivity contribution in [1.82, 2.24) is 14.9 Å². The molecule has 1 fully saturated rings. The molecular weight excluding hydrogens is 543 g/mol. The average molecular weight is 575 g/mol. The van der Waals surface area contributed by atoms with E-state index in [1.54, 1.807) is 30.2 Å². The van der Waals surface area contributed by atoms with Gasteiger partial charge in [0.25, 0.3) is 0 Å². The predicted octanol–water partition coefficient (Wildman–Crippen LogP) is 6.70. The lowest BCUT2D eigenvalue weighted by molar-refractivity contribution is 0.0177. The zero-order valence-electron chi connectivity index (χ0n) is 21.5. The molecule has 0 spiro atoms. The van der Waals surface area contributed by atoms with Crippen molar-refractivity contribution in [3.63, 3.8) is 0 Å². The van der Waals surface area contributed by atoms with Gasteiger partial charge in [-0.25, -0.2) is 19.2 Å². The van der Waals surface area contributed by atoms with Crippen molar-refractivity contribution in [3.05, 3.63) is 46.9 Å². The number of carbonyl (C=O) groups is 1. The molecule has 3 aromatic rings. The summed E-state index contributed by atoms with van der Waals surface area (Å²) in [6, 6.07) is 8.38. The van der Waals surface area contributed by atoms with Crippen molar-refractivity contribution < 1.29 is 23.4 Å². The quantitative estimate of drug-likeness (QED) is 0.336. The van der Waals surface area contributed by atoms with E-state index in [-0.39, 0.29) is 6.09 Å². The van der Waals surface area contributed by atoms with Gasteiger partial charge in [-0.15, -0.1) is 0 Å². The van der Waals surface area contributed by atoms with Gasteiger partial charge in [0.15, 0.2) is 11.5 Å². The first-order valence-electron chi connectivity index (χ1n) is 12.3. The number of ether oxygens (including phenoxy) is 3. The molecule has 1 saturated heterocycles. The number of nitrogens with zero attached hydrogens (tertiary/aromatic N) is 3. The topological polar surface area (TPSA) is 85.8 Å². The van der Waals surface area contributed by atoms with Gasteiger partial charge in [-0.3, -0.25) is 0 Å². The standard InChI is InChI=1S/C27H32BrFN4O4/c1-27(2,3)37-26(34)33-10-7-17(8-11-33)9-12-36-24-15-22-19(14-23(24)35-4)25(31-16-30-22)32-21-6-5-18(28)13-20(21)29/h5-6,13-17H,7-12H2,1-4H3,(H,30,31,32). The first kappa shape index (κ1) is 26.9. The Balaban J connectivity index is 1.38. The molecular formula is C27H32BrFN4O4. The number of rotatable bonds is 7. The molecule has 0 bridgehead atoms. The third-order valence-corrected chi connectivity index (χ3v) is 6.65. The molecule has 0 aliphatic carbocycles. The normalized spacial score (nSPS) is 14.5. The summed E-state index contributed by atoms with van der Waals surface area (Å²) in [6.45, 7) is 7.51. The molecule has 0 radical (unpaired) electrons. The van der Waals surface area contributed by atoms with Crippen molar-refractivity contribution in [1.29, 1.82) is 0 Å². The smallest absolute Gasteiger partial charge is 0.410 e. The highest BCUT2D eigenvalue weighted by Gasteiger charge is 2.27. The van der Waals surface area contributed by atoms with Gasteiger partial charge in [0, 0.05) is 29.0 Å². The number of hydrogen-bond donors (Lipinski definition) is 1. The fourth-order valence-electron chi connectivity index (χ4n) is 4.22. The minimum absolute atomic E-state index is 0.248. The van der Waals surface area contributed by atoms with Gasteiger partial charge < -0.3 is 24.4 Å². The molecule has 1 aliphatic rings. The van der Waals surface area contributed by atoms with Crippen LogP contribution in [0.1, 0.15) is 40.0 Å². The molecule has 1 N–H and O–H groups in total. The highest BCUT2D eigenvalue weighted by Crippen LogP contribution is 2.35. The van der Waals surface area contributed by atoms with Gasteiger partial charge in [-0.2, -0.15) is 0 Å². The van der Waals surface area contributed by atoms with E-state index in [4.69, 9.17) is 14.2 Å². The number of nitrogens with one attached hydrogen (secondary N) is 1. The summed E-state index contributed by atoms with van der Waals surface area (Å²) in [6.07, 6.45) is 3.86. The van der Waals surface area contributed by atoms with Crippen molar-refractivity contribution in [2.75, 3.05) is 32.1 Å². The summed E-state index contributed by atoms with van der Waals surface area (Å²) >= 11 is 3.27. The van der Waals surface area contributed by atoms with Gasteiger partial charge in [0.1, 0.15) is 23.6 Å². The Labute approximate surface area is 224 Å². The lowest BCUT2D eigenvalue weighted by Gasteiger charge is -2.33. The van der Waals surface area contributed by atoms with Gasteiger partial charge in [0.2, 0.25) is 0 Å².